The Balaban J connectivity index is 2.71. The van der Waals surface area contributed by atoms with Crippen LogP contribution in [0.1, 0.15) is 25.3 Å². The molecule has 0 fully saturated rings. The molecule has 0 radical (unpaired) electrons. The van der Waals surface area contributed by atoms with Crippen molar-refractivity contribution in [2.75, 3.05) is 33.5 Å². The van der Waals surface area contributed by atoms with Gasteiger partial charge in [0.25, 0.3) is 0 Å². The number of methoxy groups -OCH3 is 1. The Labute approximate surface area is 121 Å². The van der Waals surface area contributed by atoms with Crippen LogP contribution in [-0.2, 0) is 15.0 Å². The van der Waals surface area contributed by atoms with Gasteiger partial charge in [0, 0.05) is 20.1 Å². The molecule has 0 amide bonds. The highest BCUT2D eigenvalue weighted by Gasteiger charge is 2.31. The average molecular weight is 276 g/mol. The van der Waals surface area contributed by atoms with E-state index < -0.39 is 5.54 Å². The Morgan fingerprint density at radius 2 is 1.95 bits per heavy atom. The minimum Gasteiger partial charge on any atom is -0.382 e. The SMILES string of the molecule is CCCNC(C#N)(CCOCCOC)c1ccccc1. The topological polar surface area (TPSA) is 54.3 Å². The second-order valence-corrected chi connectivity index (χ2v) is 4.67. The van der Waals surface area contributed by atoms with E-state index in [9.17, 15) is 5.26 Å². The van der Waals surface area contributed by atoms with Gasteiger partial charge in [-0.15, -0.1) is 0 Å². The Hall–Kier alpha value is -1.41. The smallest absolute Gasteiger partial charge is 0.134 e. The van der Waals surface area contributed by atoms with Crippen LogP contribution in [0.4, 0.5) is 0 Å². The number of benzene rings is 1. The maximum absolute atomic E-state index is 9.67. The van der Waals surface area contributed by atoms with E-state index in [4.69, 9.17) is 9.47 Å². The van der Waals surface area contributed by atoms with Crippen molar-refractivity contribution in [2.24, 2.45) is 0 Å². The number of hydrogen-bond donors (Lipinski definition) is 1. The highest BCUT2D eigenvalue weighted by molar-refractivity contribution is 5.31. The zero-order chi connectivity index (χ0) is 14.7. The molecule has 1 rings (SSSR count). The van der Waals surface area contributed by atoms with Crippen LogP contribution in [0.25, 0.3) is 0 Å². The predicted molar refractivity (Wildman–Crippen MR) is 79.3 cm³/mol. The highest BCUT2D eigenvalue weighted by Crippen LogP contribution is 2.24. The lowest BCUT2D eigenvalue weighted by Crippen LogP contribution is -2.42. The number of ether oxygens (including phenoxy) is 2. The van der Waals surface area contributed by atoms with Crippen LogP contribution in [0.2, 0.25) is 0 Å². The summed E-state index contributed by atoms with van der Waals surface area (Å²) < 4.78 is 10.5. The predicted octanol–water partition coefficient (Wildman–Crippen LogP) is 2.46. The maximum Gasteiger partial charge on any atom is 0.134 e. The lowest BCUT2D eigenvalue weighted by Gasteiger charge is -2.28. The number of rotatable bonds is 10. The molecule has 1 atom stereocenters. The molecule has 4 heteroatoms. The van der Waals surface area contributed by atoms with Gasteiger partial charge in [0.15, 0.2) is 0 Å². The van der Waals surface area contributed by atoms with E-state index in [1.54, 1.807) is 7.11 Å². The fraction of sp³-hybridized carbons (Fsp3) is 0.562. The van der Waals surface area contributed by atoms with Crippen molar-refractivity contribution in [1.82, 2.24) is 5.32 Å². The summed E-state index contributed by atoms with van der Waals surface area (Å²) in [5, 5.41) is 13.0. The molecule has 1 unspecified atom stereocenters. The van der Waals surface area contributed by atoms with E-state index in [2.05, 4.69) is 18.3 Å². The van der Waals surface area contributed by atoms with Gasteiger partial charge < -0.3 is 9.47 Å². The van der Waals surface area contributed by atoms with Gasteiger partial charge in [-0.25, -0.2) is 0 Å². The molecule has 1 aromatic carbocycles. The fourth-order valence-corrected chi connectivity index (χ4v) is 2.03. The molecule has 20 heavy (non-hydrogen) atoms. The largest absolute Gasteiger partial charge is 0.382 e. The molecule has 0 bridgehead atoms. The third-order valence-electron chi connectivity index (χ3n) is 3.19. The maximum atomic E-state index is 9.67. The first-order valence-corrected chi connectivity index (χ1v) is 7.07. The summed E-state index contributed by atoms with van der Waals surface area (Å²) >= 11 is 0. The first-order chi connectivity index (χ1) is 9.79. The zero-order valence-corrected chi connectivity index (χ0v) is 12.4. The van der Waals surface area contributed by atoms with Crippen molar-refractivity contribution >= 4 is 0 Å². The minimum absolute atomic E-state index is 0.530. The van der Waals surface area contributed by atoms with Gasteiger partial charge >= 0.3 is 0 Å². The summed E-state index contributed by atoms with van der Waals surface area (Å²) in [5.41, 5.74) is 0.316. The molecular weight excluding hydrogens is 252 g/mol. The third kappa shape index (κ3) is 4.93. The quantitative estimate of drug-likeness (QED) is 0.667. The fourth-order valence-electron chi connectivity index (χ4n) is 2.03. The number of nitriles is 1. The van der Waals surface area contributed by atoms with E-state index in [-0.39, 0.29) is 0 Å². The van der Waals surface area contributed by atoms with Crippen LogP contribution in [-0.4, -0.2) is 33.5 Å². The Kier molecular flexibility index (Phi) is 7.89. The Bertz CT molecular complexity index is 403. The summed E-state index contributed by atoms with van der Waals surface area (Å²) in [5.74, 6) is 0. The molecule has 0 aliphatic rings. The van der Waals surface area contributed by atoms with Crippen LogP contribution in [0.3, 0.4) is 0 Å². The molecule has 0 saturated carbocycles. The van der Waals surface area contributed by atoms with Gasteiger partial charge in [-0.1, -0.05) is 37.3 Å². The Morgan fingerprint density at radius 1 is 1.20 bits per heavy atom. The summed E-state index contributed by atoms with van der Waals surface area (Å²) in [6, 6.07) is 12.3. The van der Waals surface area contributed by atoms with Gasteiger partial charge in [-0.3, -0.25) is 5.32 Å². The van der Waals surface area contributed by atoms with Crippen molar-refractivity contribution in [3.8, 4) is 6.07 Å². The lowest BCUT2D eigenvalue weighted by atomic mass is 9.88. The van der Waals surface area contributed by atoms with Crippen LogP contribution >= 0.6 is 0 Å². The average Bonchev–Trinajstić information content (AvgIpc) is 2.51. The molecule has 0 aliphatic carbocycles. The first kappa shape index (κ1) is 16.6. The molecule has 0 spiro atoms. The molecule has 4 nitrogen and oxygen atoms in total. The molecular formula is C16H24N2O2. The molecule has 110 valence electrons. The summed E-state index contributed by atoms with van der Waals surface area (Å²) in [7, 11) is 1.65. The standard InChI is InChI=1S/C16H24N2O2/c1-3-10-18-16(14-17,9-11-20-13-12-19-2)15-7-5-4-6-8-15/h4-8,18H,3,9-13H2,1-2H3. The molecule has 0 aliphatic heterocycles. The monoisotopic (exact) mass is 276 g/mol. The molecule has 0 aromatic heterocycles. The molecule has 1 aromatic rings. The number of nitrogens with zero attached hydrogens (tertiary/aromatic N) is 1. The number of nitrogens with one attached hydrogen (secondary N) is 1. The zero-order valence-electron chi connectivity index (χ0n) is 12.4. The van der Waals surface area contributed by atoms with Crippen molar-refractivity contribution in [3.63, 3.8) is 0 Å². The van der Waals surface area contributed by atoms with E-state index >= 15 is 0 Å². The summed E-state index contributed by atoms with van der Waals surface area (Å²) in [4.78, 5) is 0. The molecule has 0 heterocycles. The van der Waals surface area contributed by atoms with Gasteiger partial charge in [0.05, 0.1) is 19.3 Å². The molecule has 0 saturated heterocycles. The lowest BCUT2D eigenvalue weighted by molar-refractivity contribution is 0.0617. The van der Waals surface area contributed by atoms with Crippen LogP contribution in [0.5, 0.6) is 0 Å². The van der Waals surface area contributed by atoms with Crippen molar-refractivity contribution in [2.45, 2.75) is 25.3 Å². The van der Waals surface area contributed by atoms with E-state index in [1.807, 2.05) is 30.3 Å². The first-order valence-electron chi connectivity index (χ1n) is 7.07. The van der Waals surface area contributed by atoms with Crippen molar-refractivity contribution in [1.29, 1.82) is 5.26 Å². The summed E-state index contributed by atoms with van der Waals surface area (Å²) in [6.07, 6.45) is 1.61. The minimum atomic E-state index is -0.676. The van der Waals surface area contributed by atoms with Crippen molar-refractivity contribution in [3.05, 3.63) is 35.9 Å². The van der Waals surface area contributed by atoms with Crippen LogP contribution < -0.4 is 5.32 Å². The van der Waals surface area contributed by atoms with E-state index in [1.165, 1.54) is 0 Å². The normalized spacial score (nSPS) is 13.7. The van der Waals surface area contributed by atoms with Gasteiger partial charge in [0.2, 0.25) is 0 Å². The second kappa shape index (κ2) is 9.49. The van der Waals surface area contributed by atoms with Gasteiger partial charge in [0.1, 0.15) is 5.54 Å². The van der Waals surface area contributed by atoms with E-state index in [0.29, 0.717) is 26.2 Å². The third-order valence-corrected chi connectivity index (χ3v) is 3.19. The van der Waals surface area contributed by atoms with Crippen LogP contribution in [0.15, 0.2) is 30.3 Å². The van der Waals surface area contributed by atoms with Crippen LogP contribution in [0, 0.1) is 11.3 Å². The number of hydrogen-bond acceptors (Lipinski definition) is 4. The van der Waals surface area contributed by atoms with Gasteiger partial charge in [-0.2, -0.15) is 5.26 Å². The second-order valence-electron chi connectivity index (χ2n) is 4.67. The molecule has 1 N–H and O–H groups in total. The van der Waals surface area contributed by atoms with E-state index in [0.717, 1.165) is 18.5 Å². The Morgan fingerprint density at radius 3 is 2.55 bits per heavy atom. The summed E-state index contributed by atoms with van der Waals surface area (Å²) in [6.45, 7) is 4.56. The highest BCUT2D eigenvalue weighted by atomic mass is 16.5. The van der Waals surface area contributed by atoms with Gasteiger partial charge in [-0.05, 0) is 18.5 Å². The van der Waals surface area contributed by atoms with Crippen molar-refractivity contribution < 1.29 is 9.47 Å².